The van der Waals surface area contributed by atoms with Crippen LogP contribution in [-0.2, 0) is 9.47 Å². The SMILES string of the molecule is CCCCCCCCCCCCCCOCC(CCC[N+](C)(C)O)OCCCCCCCCCCCCCC. The Labute approximate surface area is 246 Å². The van der Waals surface area contributed by atoms with E-state index in [0.29, 0.717) is 6.61 Å². The smallest absolute Gasteiger partial charge is 0.108 e. The molecule has 0 spiro atoms. The molecule has 0 aliphatic rings. The van der Waals surface area contributed by atoms with E-state index in [-0.39, 0.29) is 10.8 Å². The Bertz CT molecular complexity index is 452. The first-order chi connectivity index (χ1) is 19.0. The lowest BCUT2D eigenvalue weighted by atomic mass is 10.1. The number of quaternary nitrogens is 1. The average Bonchev–Trinajstić information content (AvgIpc) is 2.90. The number of hydrogen-bond donors (Lipinski definition) is 1. The first kappa shape index (κ1) is 38.8. The lowest BCUT2D eigenvalue weighted by Crippen LogP contribution is -2.36. The largest absolute Gasteiger partial charge is 0.379 e. The number of ether oxygens (including phenoxy) is 2. The van der Waals surface area contributed by atoms with Crippen LogP contribution >= 0.6 is 0 Å². The van der Waals surface area contributed by atoms with E-state index in [9.17, 15) is 5.21 Å². The van der Waals surface area contributed by atoms with Gasteiger partial charge in [-0.15, -0.1) is 0 Å². The number of hydrogen-bond acceptors (Lipinski definition) is 3. The summed E-state index contributed by atoms with van der Waals surface area (Å²) in [6.07, 6.45) is 35.1. The van der Waals surface area contributed by atoms with Gasteiger partial charge in [0.25, 0.3) is 0 Å². The van der Waals surface area contributed by atoms with Crippen molar-refractivity contribution < 1.29 is 19.3 Å². The Kier molecular flexibility index (Phi) is 30.7. The molecule has 0 radical (unpaired) electrons. The van der Waals surface area contributed by atoms with Gasteiger partial charge in [0, 0.05) is 19.6 Å². The fraction of sp³-hybridized carbons (Fsp3) is 1.00. The highest BCUT2D eigenvalue weighted by atomic mass is 16.5. The molecule has 0 saturated heterocycles. The maximum atomic E-state index is 10.0. The minimum Gasteiger partial charge on any atom is -0.379 e. The molecule has 0 amide bonds. The third-order valence-electron chi connectivity index (χ3n) is 8.03. The van der Waals surface area contributed by atoms with Crippen LogP contribution in [0.4, 0.5) is 0 Å². The van der Waals surface area contributed by atoms with Gasteiger partial charge >= 0.3 is 0 Å². The minimum absolute atomic E-state index is 0.0329. The van der Waals surface area contributed by atoms with Crippen molar-refractivity contribution in [2.45, 2.75) is 187 Å². The third kappa shape index (κ3) is 33.9. The van der Waals surface area contributed by atoms with Crippen LogP contribution in [-0.4, -0.2) is 56.4 Å². The zero-order valence-electron chi connectivity index (χ0n) is 27.5. The van der Waals surface area contributed by atoms with E-state index >= 15 is 0 Å². The summed E-state index contributed by atoms with van der Waals surface area (Å²) in [4.78, 5) is 0. The van der Waals surface area contributed by atoms with Crippen molar-refractivity contribution >= 4 is 0 Å². The van der Waals surface area contributed by atoms with Gasteiger partial charge < -0.3 is 9.47 Å². The van der Waals surface area contributed by atoms with Crippen LogP contribution in [0.15, 0.2) is 0 Å². The molecule has 4 nitrogen and oxygen atoms in total. The average molecular weight is 557 g/mol. The summed E-state index contributed by atoms with van der Waals surface area (Å²) in [6.45, 7) is 7.75. The van der Waals surface area contributed by atoms with E-state index in [0.717, 1.165) is 39.0 Å². The highest BCUT2D eigenvalue weighted by Gasteiger charge is 2.15. The second-order valence-electron chi connectivity index (χ2n) is 12.8. The molecule has 236 valence electrons. The van der Waals surface area contributed by atoms with Crippen LogP contribution in [0.1, 0.15) is 181 Å². The van der Waals surface area contributed by atoms with E-state index < -0.39 is 0 Å². The Balaban J connectivity index is 3.74. The van der Waals surface area contributed by atoms with Crippen LogP contribution in [0.25, 0.3) is 0 Å². The Morgan fingerprint density at radius 2 is 0.846 bits per heavy atom. The van der Waals surface area contributed by atoms with Gasteiger partial charge in [0.15, 0.2) is 0 Å². The molecule has 0 rings (SSSR count). The minimum atomic E-state index is 0.0329. The van der Waals surface area contributed by atoms with Gasteiger partial charge in [0.1, 0.15) is 6.54 Å². The fourth-order valence-electron chi connectivity index (χ4n) is 5.37. The van der Waals surface area contributed by atoms with Crippen molar-refractivity contribution in [3.05, 3.63) is 0 Å². The van der Waals surface area contributed by atoms with E-state index in [2.05, 4.69) is 13.8 Å². The van der Waals surface area contributed by atoms with Crippen LogP contribution < -0.4 is 0 Å². The van der Waals surface area contributed by atoms with E-state index in [1.807, 2.05) is 14.1 Å². The molecule has 39 heavy (non-hydrogen) atoms. The number of nitrogens with zero attached hydrogens (tertiary/aromatic N) is 1. The number of rotatable bonds is 33. The van der Waals surface area contributed by atoms with Crippen molar-refractivity contribution in [3.8, 4) is 0 Å². The summed E-state index contributed by atoms with van der Waals surface area (Å²) in [7, 11) is 3.68. The first-order valence-corrected chi connectivity index (χ1v) is 17.7. The molecule has 0 aliphatic carbocycles. The normalized spacial score (nSPS) is 12.8. The summed E-state index contributed by atoms with van der Waals surface area (Å²) >= 11 is 0. The van der Waals surface area contributed by atoms with Crippen LogP contribution in [0.3, 0.4) is 0 Å². The summed E-state index contributed by atoms with van der Waals surface area (Å²) in [5.74, 6) is 0. The van der Waals surface area contributed by atoms with Crippen molar-refractivity contribution in [1.29, 1.82) is 0 Å². The summed E-state index contributed by atoms with van der Waals surface area (Å²) < 4.78 is 12.3. The van der Waals surface area contributed by atoms with Crippen molar-refractivity contribution in [1.82, 2.24) is 0 Å². The molecular weight excluding hydrogens is 482 g/mol. The molecule has 0 heterocycles. The van der Waals surface area contributed by atoms with Crippen molar-refractivity contribution in [2.75, 3.05) is 40.5 Å². The van der Waals surface area contributed by atoms with Crippen LogP contribution in [0, 0.1) is 0 Å². The zero-order chi connectivity index (χ0) is 28.7. The highest BCUT2D eigenvalue weighted by Crippen LogP contribution is 2.14. The van der Waals surface area contributed by atoms with Gasteiger partial charge in [-0.2, -0.15) is 4.65 Å². The molecule has 1 atom stereocenters. The van der Waals surface area contributed by atoms with E-state index in [4.69, 9.17) is 9.47 Å². The topological polar surface area (TPSA) is 38.7 Å². The lowest BCUT2D eigenvalue weighted by molar-refractivity contribution is -1.07. The maximum Gasteiger partial charge on any atom is 0.108 e. The Morgan fingerprint density at radius 1 is 0.487 bits per heavy atom. The van der Waals surface area contributed by atoms with Gasteiger partial charge in [-0.1, -0.05) is 155 Å². The molecule has 4 heteroatoms. The summed E-state index contributed by atoms with van der Waals surface area (Å²) in [5.41, 5.74) is 0. The van der Waals surface area contributed by atoms with Gasteiger partial charge in [-0.3, -0.25) is 0 Å². The quantitative estimate of drug-likeness (QED) is 0.0496. The predicted octanol–water partition coefficient (Wildman–Crippen LogP) is 11.0. The molecule has 0 bridgehead atoms. The predicted molar refractivity (Wildman–Crippen MR) is 171 cm³/mol. The fourth-order valence-corrected chi connectivity index (χ4v) is 5.37. The second kappa shape index (κ2) is 30.8. The molecule has 1 unspecified atom stereocenters. The summed E-state index contributed by atoms with van der Waals surface area (Å²) in [6, 6.07) is 0. The van der Waals surface area contributed by atoms with Gasteiger partial charge in [0.05, 0.1) is 26.8 Å². The van der Waals surface area contributed by atoms with E-state index in [1.54, 1.807) is 0 Å². The van der Waals surface area contributed by atoms with Crippen molar-refractivity contribution in [2.24, 2.45) is 0 Å². The highest BCUT2D eigenvalue weighted by molar-refractivity contribution is 4.59. The molecule has 0 aromatic heterocycles. The van der Waals surface area contributed by atoms with Crippen molar-refractivity contribution in [3.63, 3.8) is 0 Å². The Hall–Kier alpha value is -0.160. The third-order valence-corrected chi connectivity index (χ3v) is 8.03. The molecule has 0 aromatic rings. The standard InChI is InChI=1S/C35H74NO3/c1-5-7-9-11-13-15-17-19-21-23-25-27-32-38-34-35(30-29-31-36(3,4)37)39-33-28-26-24-22-20-18-16-14-12-10-8-6-2/h35,37H,5-34H2,1-4H3/q+1. The molecule has 0 aromatic carbocycles. The molecular formula is C35H74NO3+. The molecule has 0 saturated carbocycles. The van der Waals surface area contributed by atoms with Gasteiger partial charge in [0.2, 0.25) is 0 Å². The van der Waals surface area contributed by atoms with Crippen LogP contribution in [0.2, 0.25) is 0 Å². The molecule has 0 aliphatic heterocycles. The monoisotopic (exact) mass is 557 g/mol. The molecule has 0 fully saturated rings. The zero-order valence-corrected chi connectivity index (χ0v) is 27.5. The summed E-state index contributed by atoms with van der Waals surface area (Å²) in [5, 5.41) is 10.0. The van der Waals surface area contributed by atoms with Gasteiger partial charge in [-0.05, 0) is 19.3 Å². The van der Waals surface area contributed by atoms with E-state index in [1.165, 1.54) is 148 Å². The van der Waals surface area contributed by atoms with Gasteiger partial charge in [-0.25, -0.2) is 5.21 Å². The molecule has 1 N–H and O–H groups in total. The number of unbranched alkanes of at least 4 members (excludes halogenated alkanes) is 22. The van der Waals surface area contributed by atoms with Crippen LogP contribution in [0.5, 0.6) is 0 Å². The maximum absolute atomic E-state index is 10.0. The second-order valence-corrected chi connectivity index (χ2v) is 12.8. The Morgan fingerprint density at radius 3 is 1.23 bits per heavy atom. The number of hydroxylamine groups is 3. The lowest BCUT2D eigenvalue weighted by Gasteiger charge is -2.22. The first-order valence-electron chi connectivity index (χ1n) is 17.7.